The van der Waals surface area contributed by atoms with Crippen LogP contribution in [0.3, 0.4) is 0 Å². The molecule has 2 N–H and O–H groups in total. The van der Waals surface area contributed by atoms with Gasteiger partial charge >= 0.3 is 6.09 Å². The van der Waals surface area contributed by atoms with Gasteiger partial charge in [0.2, 0.25) is 0 Å². The quantitative estimate of drug-likeness (QED) is 0.812. The molecule has 1 heterocycles. The van der Waals surface area contributed by atoms with Crippen LogP contribution >= 0.6 is 0 Å². The molecule has 0 spiro atoms. The Morgan fingerprint density at radius 3 is 2.55 bits per heavy atom. The first-order valence-corrected chi connectivity index (χ1v) is 10.6. The predicted octanol–water partition coefficient (Wildman–Crippen LogP) is 4.57. The largest absolute Gasteiger partial charge is 0.446 e. The van der Waals surface area contributed by atoms with Crippen molar-refractivity contribution in [3.05, 3.63) is 71.0 Å². The summed E-state index contributed by atoms with van der Waals surface area (Å²) >= 11 is 0. The van der Waals surface area contributed by atoms with Crippen molar-refractivity contribution in [1.82, 2.24) is 4.90 Å². The molecule has 0 unspecified atom stereocenters. The van der Waals surface area contributed by atoms with Crippen LogP contribution in [0.25, 0.3) is 0 Å². The van der Waals surface area contributed by atoms with E-state index in [9.17, 15) is 9.18 Å². The van der Waals surface area contributed by atoms with Crippen LogP contribution < -0.4 is 5.73 Å². The summed E-state index contributed by atoms with van der Waals surface area (Å²) in [5, 5.41) is 0. The summed E-state index contributed by atoms with van der Waals surface area (Å²) in [6.45, 7) is 0.586. The van der Waals surface area contributed by atoms with Gasteiger partial charge in [-0.2, -0.15) is 0 Å². The maximum Gasteiger partial charge on any atom is 0.410 e. The third kappa shape index (κ3) is 3.42. The number of rotatable bonds is 2. The minimum Gasteiger partial charge on any atom is -0.446 e. The van der Waals surface area contributed by atoms with Gasteiger partial charge in [0, 0.05) is 18.5 Å². The van der Waals surface area contributed by atoms with Gasteiger partial charge in [-0.05, 0) is 66.8 Å². The van der Waals surface area contributed by atoms with Crippen LogP contribution in [0.5, 0.6) is 0 Å². The molecular formula is C24H27FN2O2. The average Bonchev–Trinajstić information content (AvgIpc) is 2.73. The molecule has 2 atom stereocenters. The molecule has 2 bridgehead atoms. The molecule has 152 valence electrons. The lowest BCUT2D eigenvalue weighted by Gasteiger charge is -2.48. The third-order valence-corrected chi connectivity index (χ3v) is 7.12. The van der Waals surface area contributed by atoms with Gasteiger partial charge in [0.1, 0.15) is 11.9 Å². The van der Waals surface area contributed by atoms with E-state index in [-0.39, 0.29) is 29.6 Å². The average molecular weight is 394 g/mol. The van der Waals surface area contributed by atoms with E-state index < -0.39 is 0 Å². The van der Waals surface area contributed by atoms with Crippen LogP contribution in [0.1, 0.15) is 54.8 Å². The molecule has 3 saturated carbocycles. The van der Waals surface area contributed by atoms with Gasteiger partial charge in [0.05, 0.1) is 6.04 Å². The molecule has 0 saturated heterocycles. The Hall–Kier alpha value is -2.40. The fourth-order valence-corrected chi connectivity index (χ4v) is 5.46. The molecule has 2 aromatic carbocycles. The van der Waals surface area contributed by atoms with Crippen molar-refractivity contribution in [1.29, 1.82) is 0 Å². The molecule has 29 heavy (non-hydrogen) atoms. The van der Waals surface area contributed by atoms with E-state index in [0.29, 0.717) is 12.5 Å². The van der Waals surface area contributed by atoms with Crippen LogP contribution in [-0.4, -0.2) is 29.2 Å². The minimum absolute atomic E-state index is 0.0963. The summed E-state index contributed by atoms with van der Waals surface area (Å²) < 4.78 is 19.6. The lowest BCUT2D eigenvalue weighted by molar-refractivity contribution is -0.0384. The second-order valence-corrected chi connectivity index (χ2v) is 8.92. The highest BCUT2D eigenvalue weighted by Gasteiger charge is 2.46. The van der Waals surface area contributed by atoms with Crippen molar-refractivity contribution in [3.63, 3.8) is 0 Å². The zero-order valence-electron chi connectivity index (χ0n) is 16.5. The SMILES string of the molecule is NC12CCC(CC1)[C@H](OC(=O)N1CCc3ccccc3[C@@H]1c1ccc(F)cc1)C2. The number of hydrogen-bond acceptors (Lipinski definition) is 3. The molecule has 5 heteroatoms. The number of nitrogens with zero attached hydrogens (tertiary/aromatic N) is 1. The number of nitrogens with two attached hydrogens (primary N) is 1. The maximum absolute atomic E-state index is 13.5. The van der Waals surface area contributed by atoms with Crippen LogP contribution in [0.15, 0.2) is 48.5 Å². The summed E-state index contributed by atoms with van der Waals surface area (Å²) in [4.78, 5) is 15.1. The van der Waals surface area contributed by atoms with Crippen molar-refractivity contribution in [2.45, 2.75) is 56.2 Å². The normalized spacial score (nSPS) is 30.7. The molecule has 2 aromatic rings. The van der Waals surface area contributed by atoms with Crippen LogP contribution in [0.2, 0.25) is 0 Å². The van der Waals surface area contributed by atoms with E-state index in [2.05, 4.69) is 12.1 Å². The molecule has 1 aliphatic heterocycles. The van der Waals surface area contributed by atoms with E-state index in [1.165, 1.54) is 17.7 Å². The van der Waals surface area contributed by atoms with Crippen molar-refractivity contribution in [3.8, 4) is 0 Å². The molecule has 0 radical (unpaired) electrons. The highest BCUT2D eigenvalue weighted by Crippen LogP contribution is 2.45. The molecule has 1 amide bonds. The van der Waals surface area contributed by atoms with Gasteiger partial charge in [0.15, 0.2) is 0 Å². The standard InChI is InChI=1S/C24H27FN2O2/c25-19-7-5-18(6-8-19)22-20-4-2-1-3-16(20)11-14-27(22)23(28)29-21-15-24(26)12-9-17(21)10-13-24/h1-8,17,21-22H,9-15,26H2/t17?,21-,22+,24?/m1/s1. The molecule has 4 aliphatic rings. The number of ether oxygens (including phenoxy) is 1. The van der Waals surface area contributed by atoms with Gasteiger partial charge in [-0.1, -0.05) is 36.4 Å². The maximum atomic E-state index is 13.5. The number of carbonyl (C=O) groups is 1. The number of carbonyl (C=O) groups excluding carboxylic acids is 1. The first kappa shape index (κ1) is 18.6. The number of halogens is 1. The van der Waals surface area contributed by atoms with Crippen LogP contribution in [0.4, 0.5) is 9.18 Å². The summed E-state index contributed by atoms with van der Waals surface area (Å²) in [6.07, 6.45) is 5.31. The van der Waals surface area contributed by atoms with Crippen molar-refractivity contribution in [2.75, 3.05) is 6.54 Å². The van der Waals surface area contributed by atoms with Crippen molar-refractivity contribution < 1.29 is 13.9 Å². The lowest BCUT2D eigenvalue weighted by Crippen LogP contribution is -2.55. The van der Waals surface area contributed by atoms with Crippen molar-refractivity contribution >= 4 is 6.09 Å². The zero-order valence-corrected chi connectivity index (χ0v) is 16.5. The van der Waals surface area contributed by atoms with Crippen LogP contribution in [-0.2, 0) is 11.2 Å². The molecule has 3 fully saturated rings. The topological polar surface area (TPSA) is 55.6 Å². The number of hydrogen-bond donors (Lipinski definition) is 1. The van der Waals surface area contributed by atoms with E-state index in [1.54, 1.807) is 17.0 Å². The van der Waals surface area contributed by atoms with E-state index in [4.69, 9.17) is 10.5 Å². The summed E-state index contributed by atoms with van der Waals surface area (Å²) in [5.41, 5.74) is 9.53. The monoisotopic (exact) mass is 394 g/mol. The third-order valence-electron chi connectivity index (χ3n) is 7.12. The second kappa shape index (κ2) is 7.13. The Balaban J connectivity index is 1.43. The fraction of sp³-hybridized carbons (Fsp3) is 0.458. The van der Waals surface area contributed by atoms with E-state index in [0.717, 1.165) is 49.7 Å². The molecule has 6 rings (SSSR count). The second-order valence-electron chi connectivity index (χ2n) is 8.92. The Bertz CT molecular complexity index is 905. The van der Waals surface area contributed by atoms with E-state index >= 15 is 0 Å². The Kier molecular flexibility index (Phi) is 4.58. The van der Waals surface area contributed by atoms with Gasteiger partial charge in [-0.25, -0.2) is 9.18 Å². The first-order valence-electron chi connectivity index (χ1n) is 10.6. The van der Waals surface area contributed by atoms with E-state index in [1.807, 2.05) is 12.1 Å². The summed E-state index contributed by atoms with van der Waals surface area (Å²) in [6, 6.07) is 14.3. The summed E-state index contributed by atoms with van der Waals surface area (Å²) in [5.74, 6) is 0.143. The minimum atomic E-state index is -0.282. The molecule has 3 aliphatic carbocycles. The van der Waals surface area contributed by atoms with Gasteiger partial charge < -0.3 is 10.5 Å². The number of benzene rings is 2. The number of fused-ring (bicyclic) bond motifs is 4. The predicted molar refractivity (Wildman–Crippen MR) is 109 cm³/mol. The Morgan fingerprint density at radius 1 is 1.10 bits per heavy atom. The number of amides is 1. The molecule has 4 nitrogen and oxygen atoms in total. The van der Waals surface area contributed by atoms with Crippen LogP contribution in [0, 0.1) is 11.7 Å². The Labute approximate surface area is 170 Å². The summed E-state index contributed by atoms with van der Waals surface area (Å²) in [7, 11) is 0. The molecular weight excluding hydrogens is 367 g/mol. The van der Waals surface area contributed by atoms with Gasteiger partial charge in [0.25, 0.3) is 0 Å². The van der Waals surface area contributed by atoms with Gasteiger partial charge in [-0.3, -0.25) is 4.90 Å². The van der Waals surface area contributed by atoms with Crippen molar-refractivity contribution in [2.24, 2.45) is 11.7 Å². The smallest absolute Gasteiger partial charge is 0.410 e. The first-order chi connectivity index (χ1) is 14.0. The zero-order chi connectivity index (χ0) is 20.0. The highest BCUT2D eigenvalue weighted by molar-refractivity contribution is 5.70. The molecule has 0 aromatic heterocycles. The Morgan fingerprint density at radius 2 is 1.83 bits per heavy atom. The lowest BCUT2D eigenvalue weighted by atomic mass is 9.65. The fourth-order valence-electron chi connectivity index (χ4n) is 5.46. The highest BCUT2D eigenvalue weighted by atomic mass is 19.1. The van der Waals surface area contributed by atoms with Gasteiger partial charge in [-0.15, -0.1) is 0 Å².